The van der Waals surface area contributed by atoms with Crippen LogP contribution in [0.15, 0.2) is 40.5 Å². The fourth-order valence-corrected chi connectivity index (χ4v) is 5.59. The zero-order valence-corrected chi connectivity index (χ0v) is 21.5. The van der Waals surface area contributed by atoms with Gasteiger partial charge in [-0.15, -0.1) is 13.2 Å². The van der Waals surface area contributed by atoms with Crippen molar-refractivity contribution in [1.29, 1.82) is 0 Å². The van der Waals surface area contributed by atoms with Gasteiger partial charge in [0.1, 0.15) is 17.8 Å². The number of nitrogens with one attached hydrogen (secondary N) is 2. The van der Waals surface area contributed by atoms with Gasteiger partial charge in [0.2, 0.25) is 5.91 Å². The molecule has 2 aliphatic carbocycles. The number of benzene rings is 1. The third-order valence-electron chi connectivity index (χ3n) is 7.77. The molecule has 1 aromatic carbocycles. The Morgan fingerprint density at radius 2 is 1.84 bits per heavy atom. The van der Waals surface area contributed by atoms with Crippen molar-refractivity contribution in [3.05, 3.63) is 41.1 Å². The van der Waals surface area contributed by atoms with E-state index in [4.69, 9.17) is 4.99 Å². The van der Waals surface area contributed by atoms with E-state index in [2.05, 4.69) is 34.1 Å². The zero-order valence-electron chi connectivity index (χ0n) is 21.5. The van der Waals surface area contributed by atoms with Gasteiger partial charge in [0.05, 0.1) is 5.92 Å². The molecule has 10 heteroatoms. The zero-order chi connectivity index (χ0) is 26.2. The molecule has 4 aliphatic rings. The minimum atomic E-state index is -4.74. The van der Waals surface area contributed by atoms with E-state index in [1.807, 2.05) is 4.90 Å². The quantitative estimate of drug-likeness (QED) is 0.573. The van der Waals surface area contributed by atoms with E-state index in [1.165, 1.54) is 36.2 Å². The number of carbonyl (C=O) groups excluding carboxylic acids is 1. The smallest absolute Gasteiger partial charge is 0.406 e. The molecule has 2 N–H and O–H groups in total. The maximum atomic E-state index is 13.7. The molecule has 7 nitrogen and oxygen atoms in total. The minimum Gasteiger partial charge on any atom is -0.406 e. The molecule has 202 valence electrons. The summed E-state index contributed by atoms with van der Waals surface area (Å²) < 4.78 is 41.8. The number of hydrogen-bond donors (Lipinski definition) is 2. The highest BCUT2D eigenvalue weighted by atomic mass is 19.4. The summed E-state index contributed by atoms with van der Waals surface area (Å²) in [5.74, 6) is 1.45. The SMILES string of the molecule is CC1N=C(N2CCN(C(=O)C(CNCC3CC3)c3ccc(OC(F)(F)F)cc3)CC2)C2=C(CCC2C)N1. The van der Waals surface area contributed by atoms with Gasteiger partial charge in [-0.1, -0.05) is 19.1 Å². The number of amidine groups is 1. The number of allylic oxidation sites excluding steroid dienone is 1. The Balaban J connectivity index is 1.25. The molecule has 1 amide bonds. The Morgan fingerprint density at radius 1 is 1.14 bits per heavy atom. The van der Waals surface area contributed by atoms with Crippen LogP contribution in [0.5, 0.6) is 5.75 Å². The molecular weight excluding hydrogens is 483 g/mol. The summed E-state index contributed by atoms with van der Waals surface area (Å²) in [6.45, 7) is 8.22. The Hall–Kier alpha value is -2.75. The minimum absolute atomic E-state index is 0.00203. The number of halogens is 3. The van der Waals surface area contributed by atoms with Crippen molar-refractivity contribution < 1.29 is 22.7 Å². The average molecular weight is 520 g/mol. The van der Waals surface area contributed by atoms with Gasteiger partial charge in [-0.05, 0) is 68.7 Å². The number of aliphatic imine (C=N–C) groups is 1. The first kappa shape index (κ1) is 25.9. The van der Waals surface area contributed by atoms with Crippen LogP contribution in [0.2, 0.25) is 0 Å². The van der Waals surface area contributed by atoms with Gasteiger partial charge in [0.15, 0.2) is 0 Å². The summed E-state index contributed by atoms with van der Waals surface area (Å²) in [6, 6.07) is 5.71. The molecule has 37 heavy (non-hydrogen) atoms. The molecule has 2 fully saturated rings. The molecule has 1 saturated heterocycles. The number of piperazine rings is 1. The first-order valence-electron chi connectivity index (χ1n) is 13.4. The van der Waals surface area contributed by atoms with Crippen molar-refractivity contribution in [3.8, 4) is 5.75 Å². The highest BCUT2D eigenvalue weighted by molar-refractivity contribution is 6.00. The van der Waals surface area contributed by atoms with Crippen LogP contribution >= 0.6 is 0 Å². The van der Waals surface area contributed by atoms with Crippen molar-refractivity contribution >= 4 is 11.7 Å². The van der Waals surface area contributed by atoms with Gasteiger partial charge in [-0.3, -0.25) is 4.79 Å². The first-order valence-corrected chi connectivity index (χ1v) is 13.4. The molecule has 1 aromatic rings. The predicted octanol–water partition coefficient (Wildman–Crippen LogP) is 3.84. The predicted molar refractivity (Wildman–Crippen MR) is 135 cm³/mol. The molecule has 0 aromatic heterocycles. The Morgan fingerprint density at radius 3 is 2.49 bits per heavy atom. The lowest BCUT2D eigenvalue weighted by molar-refractivity contribution is -0.274. The van der Waals surface area contributed by atoms with Crippen LogP contribution in [0.1, 0.15) is 51.0 Å². The lowest BCUT2D eigenvalue weighted by atomic mass is 9.96. The van der Waals surface area contributed by atoms with E-state index in [0.717, 1.165) is 25.2 Å². The van der Waals surface area contributed by atoms with Crippen LogP contribution < -0.4 is 15.4 Å². The first-order chi connectivity index (χ1) is 17.7. The molecule has 1 saturated carbocycles. The van der Waals surface area contributed by atoms with Crippen LogP contribution in [-0.4, -0.2) is 73.3 Å². The third-order valence-corrected chi connectivity index (χ3v) is 7.77. The van der Waals surface area contributed by atoms with E-state index < -0.39 is 12.3 Å². The molecule has 2 aliphatic heterocycles. The number of ether oxygens (including phenoxy) is 1. The van der Waals surface area contributed by atoms with Crippen LogP contribution in [0.25, 0.3) is 0 Å². The fourth-order valence-electron chi connectivity index (χ4n) is 5.59. The topological polar surface area (TPSA) is 69.2 Å². The number of carbonyl (C=O) groups is 1. The van der Waals surface area contributed by atoms with Crippen LogP contribution in [0.4, 0.5) is 13.2 Å². The second-order valence-corrected chi connectivity index (χ2v) is 10.7. The van der Waals surface area contributed by atoms with E-state index in [9.17, 15) is 18.0 Å². The molecule has 0 radical (unpaired) electrons. The number of amides is 1. The Labute approximate surface area is 216 Å². The summed E-state index contributed by atoms with van der Waals surface area (Å²) >= 11 is 0. The van der Waals surface area contributed by atoms with E-state index in [-0.39, 0.29) is 17.8 Å². The van der Waals surface area contributed by atoms with Gasteiger partial charge in [0.25, 0.3) is 0 Å². The molecular formula is C27H36F3N5O2. The van der Waals surface area contributed by atoms with E-state index >= 15 is 0 Å². The van der Waals surface area contributed by atoms with Crippen LogP contribution in [-0.2, 0) is 4.79 Å². The largest absolute Gasteiger partial charge is 0.573 e. The maximum absolute atomic E-state index is 13.7. The molecule has 2 heterocycles. The summed E-state index contributed by atoms with van der Waals surface area (Å²) in [4.78, 5) is 22.8. The van der Waals surface area contributed by atoms with Crippen molar-refractivity contribution in [2.45, 2.75) is 58.0 Å². The maximum Gasteiger partial charge on any atom is 0.573 e. The molecule has 3 unspecified atom stereocenters. The number of nitrogens with zero attached hydrogens (tertiary/aromatic N) is 3. The number of alkyl halides is 3. The van der Waals surface area contributed by atoms with Crippen LogP contribution in [0, 0.1) is 11.8 Å². The van der Waals surface area contributed by atoms with Crippen LogP contribution in [0.3, 0.4) is 0 Å². The monoisotopic (exact) mass is 519 g/mol. The Kier molecular flexibility index (Phi) is 7.38. The standard InChI is InChI=1S/C27H36F3N5O2/c1-17-3-10-23-24(17)25(33-18(2)32-23)34-11-13-35(14-12-34)26(36)22(16-31-15-19-4-5-19)20-6-8-21(9-7-20)37-27(28,29)30/h6-9,17-19,22,31-32H,3-5,10-16H2,1-2H3. The highest BCUT2D eigenvalue weighted by Gasteiger charge is 2.36. The van der Waals surface area contributed by atoms with Gasteiger partial charge in [0, 0.05) is 44.0 Å². The van der Waals surface area contributed by atoms with Crippen molar-refractivity contribution in [2.24, 2.45) is 16.8 Å². The average Bonchev–Trinajstić information content (AvgIpc) is 3.62. The molecule has 0 bridgehead atoms. The van der Waals surface area contributed by atoms with E-state index in [0.29, 0.717) is 50.1 Å². The van der Waals surface area contributed by atoms with Gasteiger partial charge in [-0.25, -0.2) is 4.99 Å². The second-order valence-electron chi connectivity index (χ2n) is 10.7. The number of hydrogen-bond acceptors (Lipinski definition) is 6. The normalized spacial score (nSPS) is 24.9. The van der Waals surface area contributed by atoms with Crippen molar-refractivity contribution in [1.82, 2.24) is 20.4 Å². The summed E-state index contributed by atoms with van der Waals surface area (Å²) in [6.07, 6.45) is -0.112. The van der Waals surface area contributed by atoms with Gasteiger partial charge < -0.3 is 25.2 Å². The summed E-state index contributed by atoms with van der Waals surface area (Å²) in [5.41, 5.74) is 3.32. The molecule has 0 spiro atoms. The lowest BCUT2D eigenvalue weighted by Gasteiger charge is -2.40. The van der Waals surface area contributed by atoms with E-state index in [1.54, 1.807) is 12.1 Å². The third kappa shape index (κ3) is 6.22. The van der Waals surface area contributed by atoms with Gasteiger partial charge in [-0.2, -0.15) is 0 Å². The summed E-state index contributed by atoms with van der Waals surface area (Å²) in [5, 5.41) is 6.92. The molecule has 5 rings (SSSR count). The summed E-state index contributed by atoms with van der Waals surface area (Å²) in [7, 11) is 0. The number of rotatable bonds is 7. The fraction of sp³-hybridized carbons (Fsp3) is 0.630. The Bertz CT molecular complexity index is 1040. The van der Waals surface area contributed by atoms with Crippen molar-refractivity contribution in [2.75, 3.05) is 39.3 Å². The second kappa shape index (κ2) is 10.6. The molecule has 3 atom stereocenters. The lowest BCUT2D eigenvalue weighted by Crippen LogP contribution is -2.54. The van der Waals surface area contributed by atoms with Gasteiger partial charge >= 0.3 is 6.36 Å². The highest BCUT2D eigenvalue weighted by Crippen LogP contribution is 2.35. The van der Waals surface area contributed by atoms with Crippen molar-refractivity contribution in [3.63, 3.8) is 0 Å².